The fraction of sp³-hybridized carbons (Fsp3) is 0.600. The number of nitrogens with zero attached hydrogens (tertiary/aromatic N) is 3. The number of hydrogen-bond acceptors (Lipinski definition) is 2. The lowest BCUT2D eigenvalue weighted by Gasteiger charge is -2.38. The van der Waals surface area contributed by atoms with Gasteiger partial charge in [0.05, 0.1) is 17.9 Å². The number of carbonyl (C=O) groups excluding carboxylic acids is 1. The summed E-state index contributed by atoms with van der Waals surface area (Å²) in [7, 11) is 1.59. The van der Waals surface area contributed by atoms with E-state index in [4.69, 9.17) is 0 Å². The number of alkyl halides is 3. The standard InChI is InChI=1S/C10H13F3N4O/c1-16-5-8(4-15-16)17(7-2-6(14)3-7)9(18)10(11,12)13/h4-7H,2-3,14H2,1H3/p+1. The largest absolute Gasteiger partial charge is 0.471 e. The van der Waals surface area contributed by atoms with E-state index in [0.717, 1.165) is 4.90 Å². The zero-order valence-electron chi connectivity index (χ0n) is 9.81. The number of carbonyl (C=O) groups is 1. The second-order valence-electron chi connectivity index (χ2n) is 4.54. The Bertz CT molecular complexity index is 450. The van der Waals surface area contributed by atoms with Gasteiger partial charge >= 0.3 is 12.1 Å². The van der Waals surface area contributed by atoms with Crippen LogP contribution in [0.5, 0.6) is 0 Å². The summed E-state index contributed by atoms with van der Waals surface area (Å²) in [4.78, 5) is 12.2. The molecule has 1 aliphatic rings. The molecule has 0 spiro atoms. The van der Waals surface area contributed by atoms with Crippen molar-refractivity contribution < 1.29 is 23.7 Å². The fourth-order valence-electron chi connectivity index (χ4n) is 2.07. The average Bonchev–Trinajstić information content (AvgIpc) is 2.61. The fourth-order valence-corrected chi connectivity index (χ4v) is 2.07. The molecule has 0 radical (unpaired) electrons. The summed E-state index contributed by atoms with van der Waals surface area (Å²) in [5, 5.41) is 3.80. The van der Waals surface area contributed by atoms with Crippen LogP contribution in [-0.2, 0) is 11.8 Å². The molecule has 1 aromatic rings. The van der Waals surface area contributed by atoms with Gasteiger partial charge in [-0.05, 0) is 0 Å². The van der Waals surface area contributed by atoms with Crippen LogP contribution in [-0.4, -0.2) is 33.9 Å². The van der Waals surface area contributed by atoms with Gasteiger partial charge in [0.25, 0.3) is 0 Å². The van der Waals surface area contributed by atoms with Gasteiger partial charge in [-0.3, -0.25) is 14.4 Å². The van der Waals surface area contributed by atoms with Crippen LogP contribution in [0.2, 0.25) is 0 Å². The second kappa shape index (κ2) is 4.27. The molecule has 0 bridgehead atoms. The molecule has 8 heteroatoms. The maximum absolute atomic E-state index is 12.6. The molecule has 1 amide bonds. The Morgan fingerprint density at radius 2 is 2.17 bits per heavy atom. The van der Waals surface area contributed by atoms with E-state index in [-0.39, 0.29) is 11.7 Å². The van der Waals surface area contributed by atoms with Gasteiger partial charge in [-0.2, -0.15) is 18.3 Å². The lowest BCUT2D eigenvalue weighted by molar-refractivity contribution is -0.439. The first-order valence-electron chi connectivity index (χ1n) is 5.51. The average molecular weight is 263 g/mol. The molecule has 1 aromatic heterocycles. The van der Waals surface area contributed by atoms with Gasteiger partial charge < -0.3 is 5.73 Å². The Kier molecular flexibility index (Phi) is 3.05. The first kappa shape index (κ1) is 12.9. The van der Waals surface area contributed by atoms with E-state index in [9.17, 15) is 18.0 Å². The highest BCUT2D eigenvalue weighted by atomic mass is 19.4. The molecule has 0 unspecified atom stereocenters. The van der Waals surface area contributed by atoms with Crippen LogP contribution < -0.4 is 10.6 Å². The van der Waals surface area contributed by atoms with Crippen molar-refractivity contribution in [1.29, 1.82) is 0 Å². The normalized spacial score (nSPS) is 23.6. The molecule has 5 nitrogen and oxygen atoms in total. The zero-order chi connectivity index (χ0) is 13.5. The minimum Gasteiger partial charge on any atom is -0.355 e. The SMILES string of the molecule is Cn1cc(N(C(=O)C(F)(F)F)C2CC([NH3+])C2)cn1. The molecule has 1 fully saturated rings. The second-order valence-corrected chi connectivity index (χ2v) is 4.54. The highest BCUT2D eigenvalue weighted by molar-refractivity contribution is 5.97. The molecule has 0 aliphatic heterocycles. The summed E-state index contributed by atoms with van der Waals surface area (Å²) in [6.07, 6.45) is -1.24. The molecule has 18 heavy (non-hydrogen) atoms. The van der Waals surface area contributed by atoms with Crippen molar-refractivity contribution in [3.8, 4) is 0 Å². The third-order valence-corrected chi connectivity index (χ3v) is 3.01. The summed E-state index contributed by atoms with van der Waals surface area (Å²) < 4.78 is 39.1. The van der Waals surface area contributed by atoms with E-state index in [0.29, 0.717) is 12.8 Å². The monoisotopic (exact) mass is 263 g/mol. The summed E-state index contributed by atoms with van der Waals surface area (Å²) in [6, 6.07) is -0.332. The van der Waals surface area contributed by atoms with Gasteiger partial charge in [0.2, 0.25) is 0 Å². The Labute approximate surface area is 101 Å². The molecule has 0 saturated heterocycles. The minimum atomic E-state index is -4.87. The topological polar surface area (TPSA) is 65.8 Å². The van der Waals surface area contributed by atoms with Crippen LogP contribution >= 0.6 is 0 Å². The van der Waals surface area contributed by atoms with E-state index < -0.39 is 18.1 Å². The summed E-state index contributed by atoms with van der Waals surface area (Å²) in [6.45, 7) is 0. The van der Waals surface area contributed by atoms with Gasteiger partial charge in [-0.15, -0.1) is 0 Å². The van der Waals surface area contributed by atoms with Crippen molar-refractivity contribution in [3.05, 3.63) is 12.4 Å². The smallest absolute Gasteiger partial charge is 0.355 e. The molecular weight excluding hydrogens is 249 g/mol. The lowest BCUT2D eigenvalue weighted by atomic mass is 9.86. The molecule has 1 heterocycles. The van der Waals surface area contributed by atoms with Crippen LogP contribution in [0.15, 0.2) is 12.4 Å². The van der Waals surface area contributed by atoms with Gasteiger partial charge in [-0.1, -0.05) is 0 Å². The first-order chi connectivity index (χ1) is 8.29. The molecular formula is C10H14F3N4O+. The number of halogens is 3. The van der Waals surface area contributed by atoms with E-state index in [1.807, 2.05) is 0 Å². The van der Waals surface area contributed by atoms with Crippen LogP contribution in [0.25, 0.3) is 0 Å². The highest BCUT2D eigenvalue weighted by Gasteiger charge is 2.48. The van der Waals surface area contributed by atoms with Crippen molar-refractivity contribution in [2.75, 3.05) is 4.90 Å². The van der Waals surface area contributed by atoms with Crippen molar-refractivity contribution in [1.82, 2.24) is 9.78 Å². The van der Waals surface area contributed by atoms with Crippen molar-refractivity contribution >= 4 is 11.6 Å². The quantitative estimate of drug-likeness (QED) is 0.821. The Morgan fingerprint density at radius 3 is 2.56 bits per heavy atom. The third-order valence-electron chi connectivity index (χ3n) is 3.01. The summed E-state index contributed by atoms with van der Waals surface area (Å²) in [5.74, 6) is -1.84. The molecule has 0 atom stereocenters. The van der Waals surface area contributed by atoms with Gasteiger partial charge in [0.15, 0.2) is 0 Å². The van der Waals surface area contributed by atoms with Crippen LogP contribution in [0, 0.1) is 0 Å². The Hall–Kier alpha value is -1.57. The van der Waals surface area contributed by atoms with E-state index in [2.05, 4.69) is 10.8 Å². The number of hydrogen-bond donors (Lipinski definition) is 1. The number of amides is 1. The van der Waals surface area contributed by atoms with E-state index in [1.165, 1.54) is 17.1 Å². The summed E-state index contributed by atoms with van der Waals surface area (Å²) in [5.41, 5.74) is 3.93. The Morgan fingerprint density at radius 1 is 1.56 bits per heavy atom. The number of aromatic nitrogens is 2. The minimum absolute atomic E-state index is 0.107. The highest BCUT2D eigenvalue weighted by Crippen LogP contribution is 2.32. The third kappa shape index (κ3) is 2.33. The van der Waals surface area contributed by atoms with Gasteiger partial charge in [0.1, 0.15) is 0 Å². The van der Waals surface area contributed by atoms with Crippen LogP contribution in [0.3, 0.4) is 0 Å². The van der Waals surface area contributed by atoms with Crippen molar-refractivity contribution in [3.63, 3.8) is 0 Å². The van der Waals surface area contributed by atoms with Crippen LogP contribution in [0.1, 0.15) is 12.8 Å². The first-order valence-corrected chi connectivity index (χ1v) is 5.51. The Balaban J connectivity index is 2.26. The van der Waals surface area contributed by atoms with E-state index >= 15 is 0 Å². The molecule has 2 rings (SSSR count). The van der Waals surface area contributed by atoms with E-state index in [1.54, 1.807) is 7.05 Å². The number of quaternary nitrogens is 1. The number of aryl methyl sites for hydroxylation is 1. The molecule has 3 N–H and O–H groups in total. The lowest BCUT2D eigenvalue weighted by Crippen LogP contribution is -2.71. The summed E-state index contributed by atoms with van der Waals surface area (Å²) >= 11 is 0. The predicted octanol–water partition coefficient (Wildman–Crippen LogP) is 0.0883. The molecule has 100 valence electrons. The van der Waals surface area contributed by atoms with Crippen molar-refractivity contribution in [2.45, 2.75) is 31.1 Å². The zero-order valence-corrected chi connectivity index (χ0v) is 9.81. The maximum atomic E-state index is 12.6. The molecule has 0 aromatic carbocycles. The number of anilines is 1. The number of rotatable bonds is 2. The predicted molar refractivity (Wildman–Crippen MR) is 56.4 cm³/mol. The van der Waals surface area contributed by atoms with Gasteiger partial charge in [-0.25, -0.2) is 0 Å². The molecule has 1 saturated carbocycles. The van der Waals surface area contributed by atoms with Crippen LogP contribution in [0.4, 0.5) is 18.9 Å². The maximum Gasteiger partial charge on any atom is 0.471 e. The molecule has 1 aliphatic carbocycles. The van der Waals surface area contributed by atoms with Crippen molar-refractivity contribution in [2.24, 2.45) is 7.05 Å². The van der Waals surface area contributed by atoms with Gasteiger partial charge in [0, 0.05) is 32.1 Å².